The summed E-state index contributed by atoms with van der Waals surface area (Å²) in [7, 11) is 2.09. The number of hydrogen-bond donors (Lipinski definition) is 1. The van der Waals surface area contributed by atoms with Gasteiger partial charge in [0.25, 0.3) is 5.88 Å². The maximum Gasteiger partial charge on any atom is 0.253 e. The third-order valence-corrected chi connectivity index (χ3v) is 5.73. The highest BCUT2D eigenvalue weighted by Gasteiger charge is 2.18. The number of piperazine rings is 1. The Morgan fingerprint density at radius 1 is 1.13 bits per heavy atom. The molecule has 0 saturated carbocycles. The average molecular weight is 422 g/mol. The molecular weight excluding hydrogens is 393 g/mol. The second-order valence-electron chi connectivity index (χ2n) is 8.14. The van der Waals surface area contributed by atoms with Crippen LogP contribution in [0.3, 0.4) is 0 Å². The fourth-order valence-corrected chi connectivity index (χ4v) is 3.78. The van der Waals surface area contributed by atoms with E-state index >= 15 is 0 Å². The first-order valence-electron chi connectivity index (χ1n) is 10.6. The summed E-state index contributed by atoms with van der Waals surface area (Å²) < 4.78 is 20.0. The van der Waals surface area contributed by atoms with Gasteiger partial charge in [0.1, 0.15) is 5.82 Å². The van der Waals surface area contributed by atoms with Crippen molar-refractivity contribution < 1.29 is 8.91 Å². The first-order chi connectivity index (χ1) is 15.0. The highest BCUT2D eigenvalue weighted by Crippen LogP contribution is 2.27. The van der Waals surface area contributed by atoms with Gasteiger partial charge in [-0.2, -0.15) is 4.99 Å². The highest BCUT2D eigenvalue weighted by molar-refractivity contribution is 5.80. The van der Waals surface area contributed by atoms with Gasteiger partial charge in [-0.1, -0.05) is 54.5 Å². The van der Waals surface area contributed by atoms with E-state index in [-0.39, 0.29) is 11.7 Å². The Labute approximate surface area is 182 Å². The molecule has 1 aromatic heterocycles. The molecule has 0 radical (unpaired) electrons. The van der Waals surface area contributed by atoms with Gasteiger partial charge in [-0.25, -0.2) is 4.39 Å². The number of nitrogens with two attached hydrogens (primary N) is 1. The van der Waals surface area contributed by atoms with E-state index in [9.17, 15) is 4.39 Å². The van der Waals surface area contributed by atoms with Gasteiger partial charge in [0.05, 0.1) is 5.69 Å². The summed E-state index contributed by atoms with van der Waals surface area (Å²) in [5, 5.41) is 4.15. The lowest BCUT2D eigenvalue weighted by atomic mass is 9.96. The zero-order valence-electron chi connectivity index (χ0n) is 18.0. The van der Waals surface area contributed by atoms with E-state index < -0.39 is 0 Å². The zero-order valence-corrected chi connectivity index (χ0v) is 18.0. The van der Waals surface area contributed by atoms with Gasteiger partial charge in [0.2, 0.25) is 0 Å². The summed E-state index contributed by atoms with van der Waals surface area (Å²) in [5.74, 6) is 0.673. The lowest BCUT2D eigenvalue weighted by Crippen LogP contribution is -2.49. The largest absolute Gasteiger partial charge is 0.369 e. The standard InChI is InChI=1S/C24H28FN5O/c1-17(14-18-8-9-20(21(25)15-18)19-6-4-3-5-7-19)22-16-23(31-28-22)27-24(26)30-12-10-29(2)11-13-30/h3-9,15-17H,10-14H2,1-2H3,(H2,26,27). The Kier molecular flexibility index (Phi) is 6.32. The normalized spacial score (nSPS) is 16.5. The molecule has 0 amide bonds. The number of rotatable bonds is 5. The Hall–Kier alpha value is -3.19. The maximum absolute atomic E-state index is 14.7. The van der Waals surface area contributed by atoms with Gasteiger partial charge >= 0.3 is 0 Å². The average Bonchev–Trinajstić information content (AvgIpc) is 3.23. The van der Waals surface area contributed by atoms with Crippen LogP contribution < -0.4 is 5.73 Å². The number of guanidine groups is 1. The molecule has 1 aliphatic rings. The van der Waals surface area contributed by atoms with Crippen molar-refractivity contribution in [3.8, 4) is 11.1 Å². The predicted molar refractivity (Wildman–Crippen MR) is 121 cm³/mol. The second kappa shape index (κ2) is 9.31. The van der Waals surface area contributed by atoms with Crippen molar-refractivity contribution in [1.29, 1.82) is 0 Å². The van der Waals surface area contributed by atoms with Crippen LogP contribution in [0.15, 0.2) is 64.1 Å². The Morgan fingerprint density at radius 3 is 2.58 bits per heavy atom. The van der Waals surface area contributed by atoms with Gasteiger partial charge in [-0.15, -0.1) is 0 Å². The quantitative estimate of drug-likeness (QED) is 0.498. The van der Waals surface area contributed by atoms with Crippen LogP contribution in [-0.4, -0.2) is 54.1 Å². The van der Waals surface area contributed by atoms with Crippen LogP contribution in [0.1, 0.15) is 24.1 Å². The SMILES string of the molecule is CC(Cc1ccc(-c2ccccc2)c(F)c1)c1cc(N=C(N)N2CCN(C)CC2)on1. The molecule has 1 aliphatic heterocycles. The van der Waals surface area contributed by atoms with Crippen molar-refractivity contribution in [3.05, 3.63) is 71.7 Å². The zero-order chi connectivity index (χ0) is 21.8. The molecule has 6 nitrogen and oxygen atoms in total. The van der Waals surface area contributed by atoms with Crippen molar-refractivity contribution in [2.24, 2.45) is 10.7 Å². The molecule has 0 aliphatic carbocycles. The van der Waals surface area contributed by atoms with Gasteiger partial charge in [-0.3, -0.25) is 0 Å². The van der Waals surface area contributed by atoms with E-state index in [1.807, 2.05) is 60.4 Å². The fourth-order valence-electron chi connectivity index (χ4n) is 3.78. The molecule has 2 heterocycles. The topological polar surface area (TPSA) is 70.9 Å². The van der Waals surface area contributed by atoms with Crippen LogP contribution in [0.5, 0.6) is 0 Å². The number of likely N-dealkylation sites (N-methyl/N-ethyl adjacent to an activating group) is 1. The first-order valence-corrected chi connectivity index (χ1v) is 10.6. The molecular formula is C24H28FN5O. The van der Waals surface area contributed by atoms with E-state index in [1.54, 1.807) is 6.07 Å². The number of nitrogens with zero attached hydrogens (tertiary/aromatic N) is 4. The van der Waals surface area contributed by atoms with E-state index in [2.05, 4.69) is 22.1 Å². The van der Waals surface area contributed by atoms with Gasteiger partial charge in [-0.05, 0) is 30.7 Å². The molecule has 162 valence electrons. The maximum atomic E-state index is 14.7. The van der Waals surface area contributed by atoms with Crippen molar-refractivity contribution >= 4 is 11.8 Å². The van der Waals surface area contributed by atoms with E-state index in [1.165, 1.54) is 0 Å². The van der Waals surface area contributed by atoms with Crippen LogP contribution >= 0.6 is 0 Å². The van der Waals surface area contributed by atoms with E-state index in [0.29, 0.717) is 23.8 Å². The third-order valence-electron chi connectivity index (χ3n) is 5.73. The Morgan fingerprint density at radius 2 is 1.87 bits per heavy atom. The highest BCUT2D eigenvalue weighted by atomic mass is 19.1. The lowest BCUT2D eigenvalue weighted by molar-refractivity contribution is 0.214. The molecule has 2 N–H and O–H groups in total. The lowest BCUT2D eigenvalue weighted by Gasteiger charge is -2.32. The molecule has 3 aromatic rings. The molecule has 4 rings (SSSR count). The molecule has 1 unspecified atom stereocenters. The molecule has 1 fully saturated rings. The Bertz CT molecular complexity index is 1040. The molecule has 0 bridgehead atoms. The molecule has 2 aromatic carbocycles. The summed E-state index contributed by atoms with van der Waals surface area (Å²) in [4.78, 5) is 8.69. The summed E-state index contributed by atoms with van der Waals surface area (Å²) in [6.45, 7) is 5.63. The number of aromatic nitrogens is 1. The van der Waals surface area contributed by atoms with Crippen molar-refractivity contribution in [2.75, 3.05) is 33.2 Å². The third kappa shape index (κ3) is 5.11. The van der Waals surface area contributed by atoms with Crippen molar-refractivity contribution in [1.82, 2.24) is 15.0 Å². The van der Waals surface area contributed by atoms with Crippen molar-refractivity contribution in [3.63, 3.8) is 0 Å². The Balaban J connectivity index is 1.41. The number of halogens is 1. The summed E-state index contributed by atoms with van der Waals surface area (Å²) >= 11 is 0. The van der Waals surface area contributed by atoms with Gasteiger partial charge < -0.3 is 20.1 Å². The van der Waals surface area contributed by atoms with Crippen LogP contribution in [0.25, 0.3) is 11.1 Å². The van der Waals surface area contributed by atoms with Gasteiger partial charge in [0.15, 0.2) is 5.96 Å². The molecule has 1 saturated heterocycles. The second-order valence-corrected chi connectivity index (χ2v) is 8.14. The van der Waals surface area contributed by atoms with E-state index in [0.717, 1.165) is 43.0 Å². The molecule has 31 heavy (non-hydrogen) atoms. The van der Waals surface area contributed by atoms with Crippen molar-refractivity contribution in [2.45, 2.75) is 19.3 Å². The fraction of sp³-hybridized carbons (Fsp3) is 0.333. The molecule has 7 heteroatoms. The summed E-state index contributed by atoms with van der Waals surface area (Å²) in [5.41, 5.74) is 9.31. The molecule has 1 atom stereocenters. The smallest absolute Gasteiger partial charge is 0.253 e. The van der Waals surface area contributed by atoms with Crippen LogP contribution in [-0.2, 0) is 6.42 Å². The number of aliphatic imine (C=N–C) groups is 1. The van der Waals surface area contributed by atoms with Gasteiger partial charge in [0, 0.05) is 43.7 Å². The number of hydrogen-bond acceptors (Lipinski definition) is 4. The van der Waals surface area contributed by atoms with Crippen LogP contribution in [0, 0.1) is 5.82 Å². The molecule has 0 spiro atoms. The van der Waals surface area contributed by atoms with Crippen LogP contribution in [0.2, 0.25) is 0 Å². The summed E-state index contributed by atoms with van der Waals surface area (Å²) in [6, 6.07) is 16.8. The first kappa shape index (κ1) is 21.1. The minimum Gasteiger partial charge on any atom is -0.369 e. The monoisotopic (exact) mass is 421 g/mol. The minimum absolute atomic E-state index is 0.0551. The predicted octanol–water partition coefficient (Wildman–Crippen LogP) is 4.02. The number of benzene rings is 2. The minimum atomic E-state index is -0.221. The van der Waals surface area contributed by atoms with E-state index in [4.69, 9.17) is 10.3 Å². The van der Waals surface area contributed by atoms with Crippen LogP contribution in [0.4, 0.5) is 10.3 Å². The summed E-state index contributed by atoms with van der Waals surface area (Å²) in [6.07, 6.45) is 0.648.